The van der Waals surface area contributed by atoms with E-state index < -0.39 is 18.2 Å². The first-order valence-corrected chi connectivity index (χ1v) is 11.1. The highest BCUT2D eigenvalue weighted by Crippen LogP contribution is 2.32. The predicted molar refractivity (Wildman–Crippen MR) is 120 cm³/mol. The van der Waals surface area contributed by atoms with E-state index in [2.05, 4.69) is 5.32 Å². The molecule has 0 saturated carbocycles. The molecule has 4 atom stereocenters. The third-order valence-corrected chi connectivity index (χ3v) is 5.51. The number of carbonyl (C=O) groups excluding carboxylic acids is 2. The lowest BCUT2D eigenvalue weighted by molar-refractivity contribution is -0.115. The molecule has 2 aliphatic rings. The van der Waals surface area contributed by atoms with Gasteiger partial charge in [0.25, 0.3) is 0 Å². The maximum atomic E-state index is 12.9. The van der Waals surface area contributed by atoms with Gasteiger partial charge in [-0.15, -0.1) is 0 Å². The van der Waals surface area contributed by atoms with Gasteiger partial charge < -0.3 is 25.0 Å². The van der Waals surface area contributed by atoms with E-state index in [1.54, 1.807) is 24.3 Å². The molecule has 172 valence electrons. The van der Waals surface area contributed by atoms with E-state index in [1.807, 2.05) is 19.1 Å². The Morgan fingerprint density at radius 1 is 1.19 bits per heavy atom. The molecule has 1 fully saturated rings. The van der Waals surface area contributed by atoms with Crippen LogP contribution in [0, 0.1) is 0 Å². The van der Waals surface area contributed by atoms with Crippen LogP contribution in [0.25, 0.3) is 0 Å². The zero-order valence-corrected chi connectivity index (χ0v) is 18.3. The molecule has 7 heteroatoms. The number of phenolic OH excluding ortho intramolecular Hbond substituents is 1. The highest BCUT2D eigenvalue weighted by Gasteiger charge is 2.34. The van der Waals surface area contributed by atoms with Crippen molar-refractivity contribution in [2.24, 2.45) is 0 Å². The van der Waals surface area contributed by atoms with E-state index in [9.17, 15) is 19.8 Å². The van der Waals surface area contributed by atoms with Crippen LogP contribution in [-0.2, 0) is 20.7 Å². The number of aliphatic hydroxyl groups is 1. The van der Waals surface area contributed by atoms with Gasteiger partial charge in [-0.3, -0.25) is 4.79 Å². The number of rotatable bonds is 6. The number of nitrogens with one attached hydrogen (secondary N) is 1. The van der Waals surface area contributed by atoms with Crippen LogP contribution in [0.3, 0.4) is 0 Å². The minimum absolute atomic E-state index is 0.133. The Labute approximate surface area is 188 Å². The number of esters is 1. The molecule has 2 aliphatic heterocycles. The average molecular weight is 442 g/mol. The molecule has 2 bridgehead atoms. The molecule has 3 unspecified atom stereocenters. The van der Waals surface area contributed by atoms with Crippen LogP contribution >= 0.6 is 0 Å². The van der Waals surface area contributed by atoms with Crippen molar-refractivity contribution >= 4 is 11.9 Å². The molecule has 0 aliphatic carbocycles. The zero-order chi connectivity index (χ0) is 22.9. The summed E-state index contributed by atoms with van der Waals surface area (Å²) in [6, 6.07) is 4.91. The van der Waals surface area contributed by atoms with Gasteiger partial charge in [0.1, 0.15) is 17.4 Å². The summed E-state index contributed by atoms with van der Waals surface area (Å²) in [6.45, 7) is 2.01. The van der Waals surface area contributed by atoms with Gasteiger partial charge in [-0.1, -0.05) is 43.4 Å². The summed E-state index contributed by atoms with van der Waals surface area (Å²) >= 11 is 0. The molecule has 2 heterocycles. The third-order valence-electron chi connectivity index (χ3n) is 5.51. The fourth-order valence-electron chi connectivity index (χ4n) is 4.07. The maximum Gasteiger partial charge on any atom is 0.342 e. The summed E-state index contributed by atoms with van der Waals surface area (Å²) < 4.78 is 11.9. The van der Waals surface area contributed by atoms with Gasteiger partial charge in [-0.2, -0.15) is 0 Å². The molecule has 32 heavy (non-hydrogen) atoms. The lowest BCUT2D eigenvalue weighted by Gasteiger charge is -2.36. The van der Waals surface area contributed by atoms with Crippen LogP contribution in [-0.4, -0.2) is 46.5 Å². The van der Waals surface area contributed by atoms with Gasteiger partial charge in [0.2, 0.25) is 5.91 Å². The summed E-state index contributed by atoms with van der Waals surface area (Å²) in [4.78, 5) is 24.7. The monoisotopic (exact) mass is 441 g/mol. The molecule has 1 aromatic rings. The number of cyclic esters (lactones) is 1. The van der Waals surface area contributed by atoms with E-state index in [-0.39, 0.29) is 29.4 Å². The second-order valence-corrected chi connectivity index (χ2v) is 8.13. The van der Waals surface area contributed by atoms with Crippen LogP contribution in [0.4, 0.5) is 0 Å². The van der Waals surface area contributed by atoms with Crippen LogP contribution in [0.1, 0.15) is 54.9 Å². The molecule has 0 aromatic heterocycles. The molecule has 3 rings (SSSR count). The van der Waals surface area contributed by atoms with Crippen LogP contribution in [0.15, 0.2) is 54.8 Å². The number of carbonyl (C=O) groups is 2. The molecular weight excluding hydrogens is 410 g/mol. The van der Waals surface area contributed by atoms with E-state index in [0.717, 1.165) is 6.42 Å². The average Bonchev–Trinajstić information content (AvgIpc) is 2.73. The predicted octanol–water partition coefficient (Wildman–Crippen LogP) is 3.31. The summed E-state index contributed by atoms with van der Waals surface area (Å²) in [7, 11) is 0. The number of hydrogen-bond acceptors (Lipinski definition) is 6. The van der Waals surface area contributed by atoms with Gasteiger partial charge in [0.15, 0.2) is 0 Å². The van der Waals surface area contributed by atoms with E-state index >= 15 is 0 Å². The molecule has 1 amide bonds. The highest BCUT2D eigenvalue weighted by atomic mass is 16.5. The Morgan fingerprint density at radius 3 is 2.81 bits per heavy atom. The standard InChI is InChI=1S/C25H31NO6/c1-2-3-4-5-11-23(29)26-12-7-9-19-16-21-15-18(27)14-20(31-21)13-17-8-6-10-22(28)24(17)25(30)32-19/h3-8,10-12,18-21,27-28H,2,9,13-16H2,1H3,(H,26,29)/b4-3-,11-5-,12-7+/t18?,19?,20-,21?/m0/s1. The van der Waals surface area contributed by atoms with Gasteiger partial charge in [0, 0.05) is 25.1 Å². The van der Waals surface area contributed by atoms with Gasteiger partial charge in [-0.05, 0) is 37.3 Å². The molecule has 7 nitrogen and oxygen atoms in total. The largest absolute Gasteiger partial charge is 0.507 e. The van der Waals surface area contributed by atoms with Crippen molar-refractivity contribution in [3.8, 4) is 5.75 Å². The van der Waals surface area contributed by atoms with Crippen molar-refractivity contribution in [1.29, 1.82) is 0 Å². The Hall–Kier alpha value is -2.90. The molecule has 0 spiro atoms. The van der Waals surface area contributed by atoms with Crippen molar-refractivity contribution in [3.63, 3.8) is 0 Å². The number of amides is 1. The van der Waals surface area contributed by atoms with E-state index in [4.69, 9.17) is 9.47 Å². The molecule has 0 radical (unpaired) electrons. The number of fused-ring (bicyclic) bond motifs is 3. The van der Waals surface area contributed by atoms with Crippen molar-refractivity contribution in [3.05, 3.63) is 65.9 Å². The quantitative estimate of drug-likeness (QED) is 0.355. The minimum atomic E-state index is -0.577. The van der Waals surface area contributed by atoms with Crippen molar-refractivity contribution in [2.75, 3.05) is 0 Å². The highest BCUT2D eigenvalue weighted by molar-refractivity contribution is 5.94. The number of hydrogen-bond donors (Lipinski definition) is 3. The molecule has 1 saturated heterocycles. The fourth-order valence-corrected chi connectivity index (χ4v) is 4.07. The lowest BCUT2D eigenvalue weighted by atomic mass is 9.91. The van der Waals surface area contributed by atoms with E-state index in [0.29, 0.717) is 37.7 Å². The zero-order valence-electron chi connectivity index (χ0n) is 18.3. The van der Waals surface area contributed by atoms with Gasteiger partial charge in [-0.25, -0.2) is 4.79 Å². The van der Waals surface area contributed by atoms with Gasteiger partial charge >= 0.3 is 5.97 Å². The minimum Gasteiger partial charge on any atom is -0.507 e. The summed E-state index contributed by atoms with van der Waals surface area (Å²) in [6.07, 6.45) is 11.7. The fraction of sp³-hybridized carbons (Fsp3) is 0.440. The Balaban J connectivity index is 1.70. The maximum absolute atomic E-state index is 12.9. The first-order valence-electron chi connectivity index (χ1n) is 11.1. The van der Waals surface area contributed by atoms with Crippen molar-refractivity contribution in [1.82, 2.24) is 5.32 Å². The number of aliphatic hydroxyl groups excluding tert-OH is 1. The SMILES string of the molecule is CC/C=C\C=C/C(=O)N/C=C/CC1CC2CC(O)C[C@H](Cc3cccc(O)c3C(=O)O1)O2. The first-order chi connectivity index (χ1) is 15.5. The number of ether oxygens (including phenoxy) is 2. The van der Waals surface area contributed by atoms with Crippen LogP contribution < -0.4 is 5.32 Å². The van der Waals surface area contributed by atoms with Crippen LogP contribution in [0.5, 0.6) is 5.75 Å². The smallest absolute Gasteiger partial charge is 0.342 e. The second kappa shape index (κ2) is 11.6. The second-order valence-electron chi connectivity index (χ2n) is 8.13. The third kappa shape index (κ3) is 6.80. The Bertz CT molecular complexity index is 890. The summed E-state index contributed by atoms with van der Waals surface area (Å²) in [5.74, 6) is -0.969. The normalized spacial score (nSPS) is 26.2. The Morgan fingerprint density at radius 2 is 2.00 bits per heavy atom. The van der Waals surface area contributed by atoms with Crippen molar-refractivity contribution < 1.29 is 29.3 Å². The first kappa shape index (κ1) is 23.8. The number of allylic oxidation sites excluding steroid dienone is 3. The number of aromatic hydroxyl groups is 1. The number of benzene rings is 1. The van der Waals surface area contributed by atoms with Gasteiger partial charge in [0.05, 0.1) is 18.3 Å². The van der Waals surface area contributed by atoms with E-state index in [1.165, 1.54) is 18.3 Å². The molecule has 3 N–H and O–H groups in total. The van der Waals surface area contributed by atoms with Crippen molar-refractivity contribution in [2.45, 2.75) is 69.9 Å². The van der Waals surface area contributed by atoms with Crippen LogP contribution in [0.2, 0.25) is 0 Å². The Kier molecular flexibility index (Phi) is 8.64. The summed E-state index contributed by atoms with van der Waals surface area (Å²) in [5.41, 5.74) is 0.780. The lowest BCUT2D eigenvalue weighted by Crippen LogP contribution is -2.40. The molecule has 1 aromatic carbocycles. The summed E-state index contributed by atoms with van der Waals surface area (Å²) in [5, 5.41) is 23.2. The molecular formula is C25H31NO6. The number of phenols is 1. The topological polar surface area (TPSA) is 105 Å².